The van der Waals surface area contributed by atoms with Gasteiger partial charge >= 0.3 is 5.69 Å². The predicted molar refractivity (Wildman–Crippen MR) is 80.6 cm³/mol. The van der Waals surface area contributed by atoms with Crippen LogP contribution in [-0.4, -0.2) is 43.9 Å². The van der Waals surface area contributed by atoms with Crippen LogP contribution in [0, 0.1) is 12.8 Å². The lowest BCUT2D eigenvalue weighted by molar-refractivity contribution is 0.0757. The maximum Gasteiger partial charge on any atom is 0.345 e. The van der Waals surface area contributed by atoms with Crippen LogP contribution in [0.1, 0.15) is 28.4 Å². The molecule has 1 atom stereocenters. The van der Waals surface area contributed by atoms with E-state index in [1.807, 2.05) is 12.4 Å². The van der Waals surface area contributed by atoms with Gasteiger partial charge in [0.2, 0.25) is 0 Å². The second kappa shape index (κ2) is 5.75. The van der Waals surface area contributed by atoms with Crippen molar-refractivity contribution in [2.24, 2.45) is 5.92 Å². The van der Waals surface area contributed by atoms with Gasteiger partial charge < -0.3 is 14.5 Å². The monoisotopic (exact) mass is 301 g/mol. The number of hydrogen-bond donors (Lipinski definition) is 1. The number of aromatic amines is 1. The van der Waals surface area contributed by atoms with Gasteiger partial charge in [-0.25, -0.2) is 9.78 Å². The van der Waals surface area contributed by atoms with Gasteiger partial charge in [-0.2, -0.15) is 4.98 Å². The third-order valence-corrected chi connectivity index (χ3v) is 4.03. The lowest BCUT2D eigenvalue weighted by Crippen LogP contribution is -2.36. The number of rotatable bonds is 3. The van der Waals surface area contributed by atoms with E-state index < -0.39 is 5.69 Å². The van der Waals surface area contributed by atoms with E-state index in [4.69, 9.17) is 0 Å². The highest BCUT2D eigenvalue weighted by molar-refractivity contribution is 5.92. The first kappa shape index (κ1) is 14.5. The summed E-state index contributed by atoms with van der Waals surface area (Å²) in [4.78, 5) is 36.1. The molecule has 2 aromatic heterocycles. The molecule has 2 aromatic rings. The molecule has 0 fully saturated rings. The fourth-order valence-electron chi connectivity index (χ4n) is 2.93. The molecule has 0 spiro atoms. The average molecular weight is 301 g/mol. The van der Waals surface area contributed by atoms with E-state index in [9.17, 15) is 9.59 Å². The molecule has 0 unspecified atom stereocenters. The summed E-state index contributed by atoms with van der Waals surface area (Å²) < 4.78 is 2.15. The van der Waals surface area contributed by atoms with Crippen molar-refractivity contribution in [2.75, 3.05) is 13.6 Å². The molecule has 116 valence electrons. The molecule has 0 bridgehead atoms. The van der Waals surface area contributed by atoms with Crippen molar-refractivity contribution in [2.45, 2.75) is 26.3 Å². The Bertz CT molecular complexity index is 748. The van der Waals surface area contributed by atoms with Crippen molar-refractivity contribution in [3.05, 3.63) is 46.2 Å². The van der Waals surface area contributed by atoms with Gasteiger partial charge in [0.25, 0.3) is 5.91 Å². The van der Waals surface area contributed by atoms with Gasteiger partial charge in [-0.15, -0.1) is 0 Å². The minimum Gasteiger partial charge on any atom is -0.340 e. The topological polar surface area (TPSA) is 83.9 Å². The number of aromatic nitrogens is 4. The molecule has 3 heterocycles. The number of carbonyl (C=O) groups excluding carboxylic acids is 1. The summed E-state index contributed by atoms with van der Waals surface area (Å²) in [6, 6.07) is 1.60. The molecular formula is C15H19N5O2. The van der Waals surface area contributed by atoms with E-state index in [0.29, 0.717) is 18.2 Å². The largest absolute Gasteiger partial charge is 0.345 e. The number of amides is 1. The van der Waals surface area contributed by atoms with Gasteiger partial charge in [-0.05, 0) is 25.3 Å². The Balaban J connectivity index is 1.68. The van der Waals surface area contributed by atoms with E-state index in [0.717, 1.165) is 25.2 Å². The average Bonchev–Trinajstić information content (AvgIpc) is 2.93. The van der Waals surface area contributed by atoms with Gasteiger partial charge in [0.15, 0.2) is 0 Å². The fourth-order valence-corrected chi connectivity index (χ4v) is 2.93. The molecular weight excluding hydrogens is 282 g/mol. The van der Waals surface area contributed by atoms with Crippen LogP contribution >= 0.6 is 0 Å². The fraction of sp³-hybridized carbons (Fsp3) is 0.467. The third kappa shape index (κ3) is 2.93. The van der Waals surface area contributed by atoms with E-state index in [1.54, 1.807) is 24.9 Å². The summed E-state index contributed by atoms with van der Waals surface area (Å²) in [5.41, 5.74) is 0.342. The van der Waals surface area contributed by atoms with Crippen molar-refractivity contribution in [3.8, 4) is 0 Å². The Morgan fingerprint density at radius 2 is 2.36 bits per heavy atom. The van der Waals surface area contributed by atoms with Gasteiger partial charge in [-0.1, -0.05) is 0 Å². The predicted octanol–water partition coefficient (Wildman–Crippen LogP) is 0.609. The molecule has 1 amide bonds. The van der Waals surface area contributed by atoms with Crippen molar-refractivity contribution >= 4 is 5.91 Å². The Kier molecular flexibility index (Phi) is 3.79. The minimum absolute atomic E-state index is 0.195. The van der Waals surface area contributed by atoms with Gasteiger partial charge in [0.1, 0.15) is 11.5 Å². The summed E-state index contributed by atoms with van der Waals surface area (Å²) >= 11 is 0. The van der Waals surface area contributed by atoms with Gasteiger partial charge in [0, 0.05) is 44.6 Å². The Labute approximate surface area is 128 Å². The molecule has 1 N–H and O–H groups in total. The number of hydrogen-bond acceptors (Lipinski definition) is 4. The van der Waals surface area contributed by atoms with E-state index >= 15 is 0 Å². The quantitative estimate of drug-likeness (QED) is 0.900. The summed E-state index contributed by atoms with van der Waals surface area (Å²) in [6.07, 6.45) is 5.69. The summed E-state index contributed by atoms with van der Waals surface area (Å²) in [5.74, 6) is 1.23. The Morgan fingerprint density at radius 1 is 1.55 bits per heavy atom. The van der Waals surface area contributed by atoms with Gasteiger partial charge in [0.05, 0.1) is 0 Å². The first-order valence-electron chi connectivity index (χ1n) is 7.36. The first-order chi connectivity index (χ1) is 10.5. The molecule has 3 rings (SSSR count). The number of fused-ring (bicyclic) bond motifs is 1. The molecule has 0 radical (unpaired) electrons. The zero-order chi connectivity index (χ0) is 15.7. The second-order valence-electron chi connectivity index (χ2n) is 5.84. The second-order valence-corrected chi connectivity index (χ2v) is 5.84. The Morgan fingerprint density at radius 3 is 3.14 bits per heavy atom. The lowest BCUT2D eigenvalue weighted by atomic mass is 9.97. The molecule has 7 nitrogen and oxygen atoms in total. The van der Waals surface area contributed by atoms with Crippen LogP contribution in [0.3, 0.4) is 0 Å². The minimum atomic E-state index is -0.489. The maximum absolute atomic E-state index is 12.4. The highest BCUT2D eigenvalue weighted by Crippen LogP contribution is 2.20. The van der Waals surface area contributed by atoms with Crippen LogP contribution in [0.2, 0.25) is 0 Å². The van der Waals surface area contributed by atoms with Crippen LogP contribution in [0.4, 0.5) is 0 Å². The number of imidazole rings is 1. The summed E-state index contributed by atoms with van der Waals surface area (Å²) in [6.45, 7) is 3.31. The molecule has 0 saturated carbocycles. The van der Waals surface area contributed by atoms with E-state index in [1.165, 1.54) is 0 Å². The van der Waals surface area contributed by atoms with Crippen LogP contribution in [-0.2, 0) is 13.0 Å². The molecule has 0 aromatic carbocycles. The zero-order valence-corrected chi connectivity index (χ0v) is 12.7. The molecule has 7 heteroatoms. The standard InChI is InChI=1S/C15H19N5O2/c1-10-7-12(18-15(22)17-10)14(21)19(2)9-11-3-5-20-6-4-16-13(20)8-11/h4,6-7,11H,3,5,8-9H2,1-2H3,(H,17,18,22)/t11-/m1/s1. The van der Waals surface area contributed by atoms with Crippen molar-refractivity contribution < 1.29 is 4.79 Å². The SMILES string of the molecule is Cc1cc(C(=O)N(C)C[C@@H]2CCn3ccnc3C2)nc(=O)[nH]1. The smallest absolute Gasteiger partial charge is 0.340 e. The summed E-state index contributed by atoms with van der Waals surface area (Å²) in [5, 5.41) is 0. The third-order valence-electron chi connectivity index (χ3n) is 4.03. The molecule has 1 aliphatic heterocycles. The van der Waals surface area contributed by atoms with Crippen LogP contribution < -0.4 is 5.69 Å². The number of nitrogens with one attached hydrogen (secondary N) is 1. The zero-order valence-electron chi connectivity index (χ0n) is 12.7. The van der Waals surface area contributed by atoms with Crippen LogP contribution in [0.25, 0.3) is 0 Å². The normalized spacial score (nSPS) is 17.1. The van der Waals surface area contributed by atoms with Crippen LogP contribution in [0.5, 0.6) is 0 Å². The number of aryl methyl sites for hydroxylation is 2. The van der Waals surface area contributed by atoms with Crippen molar-refractivity contribution in [3.63, 3.8) is 0 Å². The van der Waals surface area contributed by atoms with Crippen molar-refractivity contribution in [1.29, 1.82) is 0 Å². The highest BCUT2D eigenvalue weighted by Gasteiger charge is 2.23. The number of carbonyl (C=O) groups is 1. The first-order valence-corrected chi connectivity index (χ1v) is 7.36. The lowest BCUT2D eigenvalue weighted by Gasteiger charge is -2.27. The number of H-pyrrole nitrogens is 1. The number of nitrogens with zero attached hydrogens (tertiary/aromatic N) is 4. The van der Waals surface area contributed by atoms with Crippen molar-refractivity contribution in [1.82, 2.24) is 24.4 Å². The molecule has 0 aliphatic carbocycles. The summed E-state index contributed by atoms with van der Waals surface area (Å²) in [7, 11) is 1.75. The van der Waals surface area contributed by atoms with E-state index in [-0.39, 0.29) is 11.6 Å². The molecule has 22 heavy (non-hydrogen) atoms. The van der Waals surface area contributed by atoms with Gasteiger partial charge in [-0.3, -0.25) is 4.79 Å². The maximum atomic E-state index is 12.4. The Hall–Kier alpha value is -2.44. The molecule has 1 aliphatic rings. The molecule has 0 saturated heterocycles. The highest BCUT2D eigenvalue weighted by atomic mass is 16.2. The van der Waals surface area contributed by atoms with Crippen LogP contribution in [0.15, 0.2) is 23.3 Å². The van der Waals surface area contributed by atoms with E-state index in [2.05, 4.69) is 19.5 Å².